The molecule has 0 aliphatic carbocycles. The Kier molecular flexibility index (Phi) is 6.86. The second kappa shape index (κ2) is 9.16. The number of halogens is 3. The van der Waals surface area contributed by atoms with Gasteiger partial charge in [0.05, 0.1) is 0 Å². The van der Waals surface area contributed by atoms with E-state index >= 15 is 0 Å². The van der Waals surface area contributed by atoms with Crippen LogP contribution in [0.3, 0.4) is 0 Å². The Morgan fingerprint density at radius 1 is 1.18 bits per heavy atom. The number of benzene rings is 2. The van der Waals surface area contributed by atoms with Crippen LogP contribution in [-0.4, -0.2) is 14.8 Å². The summed E-state index contributed by atoms with van der Waals surface area (Å²) >= 11 is 13.6. The molecule has 0 amide bonds. The summed E-state index contributed by atoms with van der Waals surface area (Å²) in [5.41, 5.74) is 1.41. The fourth-order valence-corrected chi connectivity index (χ4v) is 4.23. The summed E-state index contributed by atoms with van der Waals surface area (Å²) in [6.07, 6.45) is -0.306. The molecule has 148 valence electrons. The van der Waals surface area contributed by atoms with E-state index in [0.29, 0.717) is 44.6 Å². The maximum atomic E-state index is 14.0. The van der Waals surface area contributed by atoms with E-state index in [4.69, 9.17) is 27.9 Å². The van der Waals surface area contributed by atoms with Crippen LogP contribution in [0.4, 0.5) is 4.39 Å². The Hall–Kier alpha value is -1.76. The predicted octanol–water partition coefficient (Wildman–Crippen LogP) is 6.48. The zero-order chi connectivity index (χ0) is 20.3. The molecule has 0 aliphatic rings. The van der Waals surface area contributed by atoms with Crippen LogP contribution in [0.5, 0.6) is 5.75 Å². The highest BCUT2D eigenvalue weighted by atomic mass is 35.5. The summed E-state index contributed by atoms with van der Waals surface area (Å²) in [6, 6.07) is 10.2. The minimum absolute atomic E-state index is 0.306. The van der Waals surface area contributed by atoms with Crippen molar-refractivity contribution in [3.8, 4) is 5.75 Å². The first-order chi connectivity index (χ1) is 13.4. The van der Waals surface area contributed by atoms with Crippen molar-refractivity contribution >= 4 is 35.0 Å². The first-order valence-electron chi connectivity index (χ1n) is 8.82. The van der Waals surface area contributed by atoms with Gasteiger partial charge in [0.2, 0.25) is 0 Å². The molecule has 1 atom stereocenters. The van der Waals surface area contributed by atoms with E-state index in [1.165, 1.54) is 17.8 Å². The van der Waals surface area contributed by atoms with Crippen molar-refractivity contribution in [2.45, 2.75) is 44.3 Å². The molecule has 0 saturated carbocycles. The molecule has 0 unspecified atom stereocenters. The van der Waals surface area contributed by atoms with E-state index in [9.17, 15) is 4.39 Å². The fraction of sp³-hybridized carbons (Fsp3) is 0.300. The smallest absolute Gasteiger partial charge is 0.191 e. The van der Waals surface area contributed by atoms with Crippen molar-refractivity contribution in [3.05, 3.63) is 69.2 Å². The van der Waals surface area contributed by atoms with Crippen LogP contribution in [0, 0.1) is 12.7 Å². The number of rotatable bonds is 7. The third kappa shape index (κ3) is 4.62. The van der Waals surface area contributed by atoms with Gasteiger partial charge in [-0.2, -0.15) is 0 Å². The molecule has 0 N–H and O–H groups in total. The first kappa shape index (κ1) is 21.0. The number of thioether (sulfide) groups is 1. The molecule has 0 saturated heterocycles. The Labute approximate surface area is 178 Å². The first-order valence-corrected chi connectivity index (χ1v) is 10.6. The molecule has 8 heteroatoms. The molecule has 0 spiro atoms. The Bertz CT molecular complexity index is 960. The largest absolute Gasteiger partial charge is 0.483 e. The SMILES string of the molecule is CCn1c(SCc2c(F)cccc2Cl)nnc1[C@H](C)Oc1ccc(Cl)c(C)c1. The van der Waals surface area contributed by atoms with Gasteiger partial charge in [-0.1, -0.05) is 41.0 Å². The summed E-state index contributed by atoms with van der Waals surface area (Å²) in [5.74, 6) is 1.47. The van der Waals surface area contributed by atoms with Crippen LogP contribution in [0.15, 0.2) is 41.6 Å². The van der Waals surface area contributed by atoms with Crippen molar-refractivity contribution in [1.82, 2.24) is 14.8 Å². The van der Waals surface area contributed by atoms with Crippen LogP contribution in [-0.2, 0) is 12.3 Å². The van der Waals surface area contributed by atoms with E-state index in [0.717, 1.165) is 5.56 Å². The number of ether oxygens (including phenoxy) is 1. The third-order valence-corrected chi connectivity index (χ3v) is 6.05. The normalized spacial score (nSPS) is 12.2. The molecule has 28 heavy (non-hydrogen) atoms. The molecule has 1 aromatic heterocycles. The lowest BCUT2D eigenvalue weighted by Crippen LogP contribution is -2.12. The van der Waals surface area contributed by atoms with E-state index in [1.54, 1.807) is 12.1 Å². The van der Waals surface area contributed by atoms with Crippen molar-refractivity contribution in [3.63, 3.8) is 0 Å². The lowest BCUT2D eigenvalue weighted by atomic mass is 10.2. The fourth-order valence-electron chi connectivity index (χ4n) is 2.76. The molecule has 0 radical (unpaired) electrons. The van der Waals surface area contributed by atoms with Crippen molar-refractivity contribution in [2.24, 2.45) is 0 Å². The van der Waals surface area contributed by atoms with E-state index in [-0.39, 0.29) is 11.9 Å². The van der Waals surface area contributed by atoms with Crippen molar-refractivity contribution in [2.75, 3.05) is 0 Å². The van der Waals surface area contributed by atoms with Crippen molar-refractivity contribution < 1.29 is 9.13 Å². The topological polar surface area (TPSA) is 39.9 Å². The van der Waals surface area contributed by atoms with Gasteiger partial charge in [-0.05, 0) is 56.7 Å². The summed E-state index contributed by atoms with van der Waals surface area (Å²) in [7, 11) is 0. The number of hydrogen-bond donors (Lipinski definition) is 0. The quantitative estimate of drug-likeness (QED) is 0.394. The standard InChI is InChI=1S/C20H20Cl2FN3OS/c1-4-26-19(13(3)27-14-8-9-16(21)12(2)10-14)24-25-20(26)28-11-15-17(22)6-5-7-18(15)23/h5-10,13H,4,11H2,1-3H3/t13-/m0/s1. The molecule has 4 nitrogen and oxygen atoms in total. The van der Waals surface area contributed by atoms with Gasteiger partial charge in [-0.25, -0.2) is 4.39 Å². The molecule has 1 heterocycles. The number of hydrogen-bond acceptors (Lipinski definition) is 4. The van der Waals surface area contributed by atoms with Crippen LogP contribution in [0.1, 0.15) is 36.9 Å². The minimum Gasteiger partial charge on any atom is -0.483 e. The van der Waals surface area contributed by atoms with Gasteiger partial charge in [0.1, 0.15) is 11.6 Å². The van der Waals surface area contributed by atoms with Gasteiger partial charge in [0.25, 0.3) is 0 Å². The van der Waals surface area contributed by atoms with E-state index in [2.05, 4.69) is 10.2 Å². The molecular formula is C20H20Cl2FN3OS. The molecule has 0 aliphatic heterocycles. The van der Waals surface area contributed by atoms with Gasteiger partial charge < -0.3 is 9.30 Å². The molecule has 0 fully saturated rings. The van der Waals surface area contributed by atoms with E-state index < -0.39 is 0 Å². The van der Waals surface area contributed by atoms with Crippen LogP contribution < -0.4 is 4.74 Å². The summed E-state index contributed by atoms with van der Waals surface area (Å²) in [6.45, 7) is 6.52. The van der Waals surface area contributed by atoms with E-state index in [1.807, 2.05) is 43.5 Å². The van der Waals surface area contributed by atoms with Crippen LogP contribution in [0.25, 0.3) is 0 Å². The number of aryl methyl sites for hydroxylation is 1. The molecular weight excluding hydrogens is 420 g/mol. The Morgan fingerprint density at radius 3 is 2.64 bits per heavy atom. The molecule has 2 aromatic carbocycles. The highest BCUT2D eigenvalue weighted by Crippen LogP contribution is 2.30. The zero-order valence-electron chi connectivity index (χ0n) is 15.7. The van der Waals surface area contributed by atoms with Crippen molar-refractivity contribution in [1.29, 1.82) is 0 Å². The Morgan fingerprint density at radius 2 is 1.96 bits per heavy atom. The highest BCUT2D eigenvalue weighted by molar-refractivity contribution is 7.98. The molecule has 0 bridgehead atoms. The summed E-state index contributed by atoms with van der Waals surface area (Å²) < 4.78 is 22.0. The van der Waals surface area contributed by atoms with Gasteiger partial charge in [-0.15, -0.1) is 10.2 Å². The highest BCUT2D eigenvalue weighted by Gasteiger charge is 2.20. The van der Waals surface area contributed by atoms with Crippen LogP contribution >= 0.6 is 35.0 Å². The minimum atomic E-state index is -0.322. The average Bonchev–Trinajstić information content (AvgIpc) is 3.07. The maximum absolute atomic E-state index is 14.0. The predicted molar refractivity (Wildman–Crippen MR) is 112 cm³/mol. The molecule has 3 rings (SSSR count). The maximum Gasteiger partial charge on any atom is 0.191 e. The lowest BCUT2D eigenvalue weighted by molar-refractivity contribution is 0.210. The number of nitrogens with zero attached hydrogens (tertiary/aromatic N) is 3. The van der Waals surface area contributed by atoms with Crippen LogP contribution in [0.2, 0.25) is 10.0 Å². The van der Waals surface area contributed by atoms with Gasteiger partial charge in [0, 0.05) is 27.9 Å². The zero-order valence-corrected chi connectivity index (χ0v) is 18.1. The van der Waals surface area contributed by atoms with Gasteiger partial charge in [0.15, 0.2) is 17.1 Å². The molecule has 3 aromatic rings. The monoisotopic (exact) mass is 439 g/mol. The van der Waals surface area contributed by atoms with Gasteiger partial charge in [-0.3, -0.25) is 0 Å². The second-order valence-electron chi connectivity index (χ2n) is 6.24. The lowest BCUT2D eigenvalue weighted by Gasteiger charge is -2.16. The summed E-state index contributed by atoms with van der Waals surface area (Å²) in [4.78, 5) is 0. The van der Waals surface area contributed by atoms with Gasteiger partial charge >= 0.3 is 0 Å². The summed E-state index contributed by atoms with van der Waals surface area (Å²) in [5, 5.41) is 10.4. The second-order valence-corrected chi connectivity index (χ2v) is 8.00. The third-order valence-electron chi connectivity index (χ3n) is 4.27. The average molecular weight is 440 g/mol. The number of aromatic nitrogens is 3. The Balaban J connectivity index is 1.76.